The lowest BCUT2D eigenvalue weighted by Gasteiger charge is -2.30. The molecule has 1 fully saturated rings. The van der Waals surface area contributed by atoms with Gasteiger partial charge in [-0.05, 0) is 43.9 Å². The third kappa shape index (κ3) is 3.48. The zero-order valence-corrected chi connectivity index (χ0v) is 12.3. The van der Waals surface area contributed by atoms with Crippen molar-refractivity contribution in [2.75, 3.05) is 31.1 Å². The zero-order chi connectivity index (χ0) is 13.8. The van der Waals surface area contributed by atoms with Crippen molar-refractivity contribution >= 4 is 5.69 Å². The van der Waals surface area contributed by atoms with Crippen molar-refractivity contribution in [3.63, 3.8) is 0 Å². The van der Waals surface area contributed by atoms with Crippen LogP contribution >= 0.6 is 0 Å². The average molecular weight is 262 g/mol. The summed E-state index contributed by atoms with van der Waals surface area (Å²) in [6.07, 6.45) is 0.828. The SMILES string of the molecule is Cc1cccc(C)c1N1CC(C)CNC(CCO)C1. The predicted molar refractivity (Wildman–Crippen MR) is 80.8 cm³/mol. The highest BCUT2D eigenvalue weighted by atomic mass is 16.3. The monoisotopic (exact) mass is 262 g/mol. The average Bonchev–Trinajstić information content (AvgIpc) is 2.52. The van der Waals surface area contributed by atoms with Crippen LogP contribution in [0.4, 0.5) is 5.69 Å². The Labute approximate surface area is 116 Å². The number of para-hydroxylation sites is 1. The molecule has 3 nitrogen and oxygen atoms in total. The summed E-state index contributed by atoms with van der Waals surface area (Å²) in [5, 5.41) is 12.8. The van der Waals surface area contributed by atoms with Crippen molar-refractivity contribution < 1.29 is 5.11 Å². The van der Waals surface area contributed by atoms with Gasteiger partial charge < -0.3 is 15.3 Å². The number of anilines is 1. The number of nitrogens with one attached hydrogen (secondary N) is 1. The quantitative estimate of drug-likeness (QED) is 0.875. The van der Waals surface area contributed by atoms with Crippen molar-refractivity contribution in [3.05, 3.63) is 29.3 Å². The van der Waals surface area contributed by atoms with Crippen LogP contribution in [0.5, 0.6) is 0 Å². The molecule has 1 heterocycles. The minimum Gasteiger partial charge on any atom is -0.396 e. The van der Waals surface area contributed by atoms with Crippen LogP contribution in [0.15, 0.2) is 18.2 Å². The normalized spacial score (nSPS) is 24.3. The van der Waals surface area contributed by atoms with Gasteiger partial charge in [-0.15, -0.1) is 0 Å². The molecular weight excluding hydrogens is 236 g/mol. The van der Waals surface area contributed by atoms with Gasteiger partial charge in [-0.25, -0.2) is 0 Å². The summed E-state index contributed by atoms with van der Waals surface area (Å²) in [5.41, 5.74) is 4.06. The Hall–Kier alpha value is -1.06. The fourth-order valence-corrected chi connectivity index (χ4v) is 3.05. The Bertz CT molecular complexity index is 399. The van der Waals surface area contributed by atoms with Gasteiger partial charge in [0.1, 0.15) is 0 Å². The first-order chi connectivity index (χ1) is 9.11. The fourth-order valence-electron chi connectivity index (χ4n) is 3.05. The van der Waals surface area contributed by atoms with Crippen LogP contribution in [0.25, 0.3) is 0 Å². The Morgan fingerprint density at radius 2 is 1.95 bits per heavy atom. The molecule has 2 N–H and O–H groups in total. The van der Waals surface area contributed by atoms with Crippen molar-refractivity contribution in [1.82, 2.24) is 5.32 Å². The van der Waals surface area contributed by atoms with E-state index in [4.69, 9.17) is 0 Å². The molecule has 1 aliphatic rings. The maximum Gasteiger partial charge on any atom is 0.0446 e. The maximum atomic E-state index is 9.18. The molecule has 0 aromatic heterocycles. The molecule has 2 rings (SSSR count). The van der Waals surface area contributed by atoms with Gasteiger partial charge in [0.2, 0.25) is 0 Å². The van der Waals surface area contributed by atoms with Gasteiger partial charge >= 0.3 is 0 Å². The van der Waals surface area contributed by atoms with Gasteiger partial charge in [0.25, 0.3) is 0 Å². The molecule has 2 atom stereocenters. The summed E-state index contributed by atoms with van der Waals surface area (Å²) in [7, 11) is 0. The van der Waals surface area contributed by atoms with E-state index in [0.717, 1.165) is 26.1 Å². The van der Waals surface area contributed by atoms with E-state index in [9.17, 15) is 5.11 Å². The number of hydrogen-bond acceptors (Lipinski definition) is 3. The minimum absolute atomic E-state index is 0.257. The molecule has 2 unspecified atom stereocenters. The summed E-state index contributed by atoms with van der Waals surface area (Å²) in [6.45, 7) is 10.0. The number of nitrogens with zero attached hydrogens (tertiary/aromatic N) is 1. The molecular formula is C16H26N2O. The number of aryl methyl sites for hydroxylation is 2. The van der Waals surface area contributed by atoms with Crippen molar-refractivity contribution in [1.29, 1.82) is 0 Å². The Kier molecular flexibility index (Phi) is 4.83. The summed E-state index contributed by atoms with van der Waals surface area (Å²) in [6, 6.07) is 6.88. The van der Waals surface area contributed by atoms with E-state index in [1.807, 2.05) is 0 Å². The van der Waals surface area contributed by atoms with Gasteiger partial charge in [-0.1, -0.05) is 25.1 Å². The van der Waals surface area contributed by atoms with Crippen LogP contribution in [0, 0.1) is 19.8 Å². The Balaban J connectivity index is 2.25. The number of aliphatic hydroxyl groups excluding tert-OH is 1. The smallest absolute Gasteiger partial charge is 0.0446 e. The molecule has 1 aromatic rings. The first-order valence-electron chi connectivity index (χ1n) is 7.27. The molecule has 0 bridgehead atoms. The molecule has 1 saturated heterocycles. The lowest BCUT2D eigenvalue weighted by Crippen LogP contribution is -2.38. The van der Waals surface area contributed by atoms with Crippen molar-refractivity contribution in [3.8, 4) is 0 Å². The largest absolute Gasteiger partial charge is 0.396 e. The summed E-state index contributed by atoms with van der Waals surface area (Å²) < 4.78 is 0. The molecule has 106 valence electrons. The van der Waals surface area contributed by atoms with Crippen molar-refractivity contribution in [2.24, 2.45) is 5.92 Å². The topological polar surface area (TPSA) is 35.5 Å². The first-order valence-corrected chi connectivity index (χ1v) is 7.27. The van der Waals surface area contributed by atoms with Gasteiger partial charge in [0.05, 0.1) is 0 Å². The van der Waals surface area contributed by atoms with Crippen LogP contribution in [-0.2, 0) is 0 Å². The van der Waals surface area contributed by atoms with Gasteiger partial charge in [-0.3, -0.25) is 0 Å². The van der Waals surface area contributed by atoms with Gasteiger partial charge in [-0.2, -0.15) is 0 Å². The van der Waals surface area contributed by atoms with Crippen molar-refractivity contribution in [2.45, 2.75) is 33.2 Å². The number of aliphatic hydroxyl groups is 1. The van der Waals surface area contributed by atoms with E-state index in [-0.39, 0.29) is 6.61 Å². The lowest BCUT2D eigenvalue weighted by molar-refractivity contribution is 0.266. The Morgan fingerprint density at radius 3 is 2.58 bits per heavy atom. The third-order valence-corrected chi connectivity index (χ3v) is 3.96. The molecule has 0 aliphatic carbocycles. The standard InChI is InChI=1S/C16H26N2O/c1-12-9-17-15(7-8-19)11-18(10-12)16-13(2)5-4-6-14(16)3/h4-6,12,15,17,19H,7-11H2,1-3H3. The second-order valence-electron chi connectivity index (χ2n) is 5.87. The molecule has 0 radical (unpaired) electrons. The number of rotatable bonds is 3. The minimum atomic E-state index is 0.257. The van der Waals surface area contributed by atoms with E-state index >= 15 is 0 Å². The molecule has 0 saturated carbocycles. The van der Waals surface area contributed by atoms with E-state index in [2.05, 4.69) is 49.2 Å². The van der Waals surface area contributed by atoms with E-state index in [1.54, 1.807) is 0 Å². The maximum absolute atomic E-state index is 9.18. The lowest BCUT2D eigenvalue weighted by atomic mass is 10.1. The van der Waals surface area contributed by atoms with Crippen LogP contribution < -0.4 is 10.2 Å². The van der Waals surface area contributed by atoms with Crippen LogP contribution in [0.3, 0.4) is 0 Å². The molecule has 19 heavy (non-hydrogen) atoms. The Morgan fingerprint density at radius 1 is 1.26 bits per heavy atom. The summed E-state index contributed by atoms with van der Waals surface area (Å²) >= 11 is 0. The highest BCUT2D eigenvalue weighted by Crippen LogP contribution is 2.26. The van der Waals surface area contributed by atoms with E-state index in [0.29, 0.717) is 12.0 Å². The molecule has 1 aliphatic heterocycles. The second-order valence-corrected chi connectivity index (χ2v) is 5.87. The van der Waals surface area contributed by atoms with E-state index in [1.165, 1.54) is 16.8 Å². The number of benzene rings is 1. The first kappa shape index (κ1) is 14.4. The van der Waals surface area contributed by atoms with Gasteiger partial charge in [0, 0.05) is 31.4 Å². The molecule has 3 heteroatoms. The zero-order valence-electron chi connectivity index (χ0n) is 12.3. The molecule has 0 amide bonds. The highest BCUT2D eigenvalue weighted by molar-refractivity contribution is 5.59. The van der Waals surface area contributed by atoms with Crippen LogP contribution in [0.1, 0.15) is 24.5 Å². The van der Waals surface area contributed by atoms with Gasteiger partial charge in [0.15, 0.2) is 0 Å². The van der Waals surface area contributed by atoms with E-state index < -0.39 is 0 Å². The fraction of sp³-hybridized carbons (Fsp3) is 0.625. The van der Waals surface area contributed by atoms with Crippen LogP contribution in [-0.4, -0.2) is 37.4 Å². The predicted octanol–water partition coefficient (Wildman–Crippen LogP) is 2.10. The molecule has 0 spiro atoms. The number of hydrogen-bond donors (Lipinski definition) is 2. The molecule has 1 aromatic carbocycles. The third-order valence-electron chi connectivity index (χ3n) is 3.96. The summed E-state index contributed by atoms with van der Waals surface area (Å²) in [5.74, 6) is 0.627. The summed E-state index contributed by atoms with van der Waals surface area (Å²) in [4.78, 5) is 2.50. The van der Waals surface area contributed by atoms with Crippen LogP contribution in [0.2, 0.25) is 0 Å². The highest BCUT2D eigenvalue weighted by Gasteiger charge is 2.23. The second kappa shape index (κ2) is 6.40.